The summed E-state index contributed by atoms with van der Waals surface area (Å²) in [4.78, 5) is 2.58. The van der Waals surface area contributed by atoms with Crippen LogP contribution in [0.2, 0.25) is 0 Å². The van der Waals surface area contributed by atoms with Gasteiger partial charge in [-0.3, -0.25) is 0 Å². The molecule has 0 aromatic heterocycles. The summed E-state index contributed by atoms with van der Waals surface area (Å²) < 4.78 is 0. The van der Waals surface area contributed by atoms with Gasteiger partial charge in [-0.05, 0) is 53.1 Å². The van der Waals surface area contributed by atoms with Gasteiger partial charge in [0, 0.05) is 18.1 Å². The Morgan fingerprint density at radius 1 is 1.12 bits per heavy atom. The van der Waals surface area contributed by atoms with E-state index < -0.39 is 0 Å². The van der Waals surface area contributed by atoms with Gasteiger partial charge in [-0.2, -0.15) is 0 Å². The molecule has 0 aliphatic rings. The summed E-state index contributed by atoms with van der Waals surface area (Å²) in [5.41, 5.74) is 0.238. The minimum atomic E-state index is 0.238. The van der Waals surface area contributed by atoms with Crippen molar-refractivity contribution in [2.75, 3.05) is 19.6 Å². The van der Waals surface area contributed by atoms with Crippen LogP contribution in [-0.2, 0) is 0 Å². The second kappa shape index (κ2) is 7.29. The fraction of sp³-hybridized carbons (Fsp3) is 1.00. The average molecular weight is 228 g/mol. The van der Waals surface area contributed by atoms with Crippen LogP contribution in [0.15, 0.2) is 0 Å². The highest BCUT2D eigenvalue weighted by Crippen LogP contribution is 2.08. The van der Waals surface area contributed by atoms with Crippen LogP contribution in [0, 0.1) is 5.92 Å². The van der Waals surface area contributed by atoms with Crippen molar-refractivity contribution >= 4 is 0 Å². The first kappa shape index (κ1) is 15.9. The van der Waals surface area contributed by atoms with Crippen LogP contribution in [0.3, 0.4) is 0 Å². The maximum atomic E-state index is 3.58. The lowest BCUT2D eigenvalue weighted by Crippen LogP contribution is -2.43. The van der Waals surface area contributed by atoms with Crippen LogP contribution in [0.1, 0.15) is 54.9 Å². The van der Waals surface area contributed by atoms with Crippen LogP contribution in [0.4, 0.5) is 0 Å². The van der Waals surface area contributed by atoms with Gasteiger partial charge in [0.15, 0.2) is 0 Å². The first-order valence-electron chi connectivity index (χ1n) is 6.79. The van der Waals surface area contributed by atoms with Crippen molar-refractivity contribution in [1.29, 1.82) is 0 Å². The number of nitrogens with one attached hydrogen (secondary N) is 1. The molecule has 2 nitrogen and oxygen atoms in total. The lowest BCUT2D eigenvalue weighted by molar-refractivity contribution is 0.181. The van der Waals surface area contributed by atoms with Gasteiger partial charge in [-0.1, -0.05) is 20.8 Å². The predicted molar refractivity (Wildman–Crippen MR) is 73.9 cm³/mol. The van der Waals surface area contributed by atoms with E-state index in [4.69, 9.17) is 0 Å². The summed E-state index contributed by atoms with van der Waals surface area (Å²) >= 11 is 0. The van der Waals surface area contributed by atoms with Crippen molar-refractivity contribution in [3.63, 3.8) is 0 Å². The largest absolute Gasteiger partial charge is 0.312 e. The molecule has 0 aromatic rings. The van der Waals surface area contributed by atoms with Crippen molar-refractivity contribution in [2.45, 2.75) is 66.5 Å². The van der Waals surface area contributed by atoms with Crippen LogP contribution in [-0.4, -0.2) is 36.1 Å². The minimum absolute atomic E-state index is 0.238. The normalized spacial score (nSPS) is 16.5. The molecule has 0 heterocycles. The Labute approximate surface area is 103 Å². The maximum Gasteiger partial charge on any atom is 0.00966 e. The Kier molecular flexibility index (Phi) is 7.25. The summed E-state index contributed by atoms with van der Waals surface area (Å²) in [6.45, 7) is 19.3. The molecule has 98 valence electrons. The molecule has 1 N–H and O–H groups in total. The van der Waals surface area contributed by atoms with Gasteiger partial charge in [0.05, 0.1) is 0 Å². The second-order valence-corrected chi connectivity index (χ2v) is 6.08. The second-order valence-electron chi connectivity index (χ2n) is 6.08. The molecular weight excluding hydrogens is 196 g/mol. The standard InChI is InChI=1S/C14H32N2/c1-8-13(4)16(9-2)11-12(3)10-15-14(5,6)7/h12-13,15H,8-11H2,1-7H3. The van der Waals surface area contributed by atoms with Crippen molar-refractivity contribution in [2.24, 2.45) is 5.92 Å². The Hall–Kier alpha value is -0.0800. The van der Waals surface area contributed by atoms with Gasteiger partial charge in [0.25, 0.3) is 0 Å². The molecule has 0 spiro atoms. The van der Waals surface area contributed by atoms with Gasteiger partial charge in [-0.15, -0.1) is 0 Å². The smallest absolute Gasteiger partial charge is 0.00966 e. The summed E-state index contributed by atoms with van der Waals surface area (Å²) in [6.07, 6.45) is 1.24. The molecule has 0 saturated carbocycles. The molecule has 0 aliphatic heterocycles. The minimum Gasteiger partial charge on any atom is -0.312 e. The molecule has 2 heteroatoms. The molecule has 0 amide bonds. The molecule has 0 aromatic carbocycles. The average Bonchev–Trinajstić information content (AvgIpc) is 2.21. The fourth-order valence-corrected chi connectivity index (χ4v) is 1.82. The van der Waals surface area contributed by atoms with Crippen molar-refractivity contribution < 1.29 is 0 Å². The van der Waals surface area contributed by atoms with E-state index in [0.29, 0.717) is 12.0 Å². The van der Waals surface area contributed by atoms with Crippen molar-refractivity contribution in [3.05, 3.63) is 0 Å². The molecule has 2 unspecified atom stereocenters. The van der Waals surface area contributed by atoms with Crippen LogP contribution in [0.5, 0.6) is 0 Å². The molecule has 0 aliphatic carbocycles. The quantitative estimate of drug-likeness (QED) is 0.720. The Bertz CT molecular complexity index is 172. The van der Waals surface area contributed by atoms with E-state index in [9.17, 15) is 0 Å². The Morgan fingerprint density at radius 3 is 2.06 bits per heavy atom. The van der Waals surface area contributed by atoms with E-state index in [0.717, 1.165) is 13.1 Å². The first-order chi connectivity index (χ1) is 7.30. The molecule has 0 radical (unpaired) electrons. The Morgan fingerprint density at radius 2 is 1.69 bits per heavy atom. The highest BCUT2D eigenvalue weighted by Gasteiger charge is 2.15. The predicted octanol–water partition coefficient (Wildman–Crippen LogP) is 3.13. The highest BCUT2D eigenvalue weighted by molar-refractivity contribution is 4.74. The van der Waals surface area contributed by atoms with Gasteiger partial charge < -0.3 is 10.2 Å². The highest BCUT2D eigenvalue weighted by atomic mass is 15.1. The number of rotatable bonds is 7. The zero-order valence-electron chi connectivity index (χ0n) is 12.4. The Balaban J connectivity index is 3.96. The number of hydrogen-bond acceptors (Lipinski definition) is 2. The monoisotopic (exact) mass is 228 g/mol. The van der Waals surface area contributed by atoms with Crippen LogP contribution >= 0.6 is 0 Å². The van der Waals surface area contributed by atoms with Gasteiger partial charge >= 0.3 is 0 Å². The fourth-order valence-electron chi connectivity index (χ4n) is 1.82. The molecule has 16 heavy (non-hydrogen) atoms. The molecule has 0 bridgehead atoms. The van der Waals surface area contributed by atoms with E-state index in [1.165, 1.54) is 13.0 Å². The van der Waals surface area contributed by atoms with E-state index in [1.807, 2.05) is 0 Å². The van der Waals surface area contributed by atoms with E-state index in [1.54, 1.807) is 0 Å². The van der Waals surface area contributed by atoms with E-state index >= 15 is 0 Å². The van der Waals surface area contributed by atoms with Crippen LogP contribution < -0.4 is 5.32 Å². The lowest BCUT2D eigenvalue weighted by atomic mass is 10.1. The lowest BCUT2D eigenvalue weighted by Gasteiger charge is -2.31. The number of nitrogens with zero attached hydrogens (tertiary/aromatic N) is 1. The summed E-state index contributed by atoms with van der Waals surface area (Å²) in [5.74, 6) is 0.716. The number of hydrogen-bond donors (Lipinski definition) is 1. The van der Waals surface area contributed by atoms with Gasteiger partial charge in [0.1, 0.15) is 0 Å². The van der Waals surface area contributed by atoms with Crippen molar-refractivity contribution in [3.8, 4) is 0 Å². The third kappa shape index (κ3) is 7.24. The van der Waals surface area contributed by atoms with Gasteiger partial charge in [-0.25, -0.2) is 0 Å². The molecular formula is C14H32N2. The topological polar surface area (TPSA) is 15.3 Å². The van der Waals surface area contributed by atoms with Crippen LogP contribution in [0.25, 0.3) is 0 Å². The SMILES string of the molecule is CCC(C)N(CC)CC(C)CNC(C)(C)C. The third-order valence-corrected chi connectivity index (χ3v) is 3.15. The molecule has 0 saturated heterocycles. The molecule has 0 rings (SSSR count). The summed E-state index contributed by atoms with van der Waals surface area (Å²) in [5, 5.41) is 3.58. The van der Waals surface area contributed by atoms with E-state index in [-0.39, 0.29) is 5.54 Å². The van der Waals surface area contributed by atoms with Crippen molar-refractivity contribution in [1.82, 2.24) is 10.2 Å². The maximum absolute atomic E-state index is 3.58. The van der Waals surface area contributed by atoms with E-state index in [2.05, 4.69) is 58.7 Å². The summed E-state index contributed by atoms with van der Waals surface area (Å²) in [7, 11) is 0. The van der Waals surface area contributed by atoms with Gasteiger partial charge in [0.2, 0.25) is 0 Å². The summed E-state index contributed by atoms with van der Waals surface area (Å²) in [6, 6.07) is 0.710. The molecule has 0 fully saturated rings. The molecule has 2 atom stereocenters. The first-order valence-corrected chi connectivity index (χ1v) is 6.79. The zero-order valence-corrected chi connectivity index (χ0v) is 12.4. The zero-order chi connectivity index (χ0) is 12.8. The third-order valence-electron chi connectivity index (χ3n) is 3.15.